The van der Waals surface area contributed by atoms with Gasteiger partial charge in [-0.1, -0.05) is 0 Å². The van der Waals surface area contributed by atoms with Gasteiger partial charge in [0.25, 0.3) is 0 Å². The summed E-state index contributed by atoms with van der Waals surface area (Å²) < 4.78 is 11.8. The molecule has 2 saturated heterocycles. The summed E-state index contributed by atoms with van der Waals surface area (Å²) in [5, 5.41) is 0. The number of halogens is 1. The maximum absolute atomic E-state index is 5.94. The summed E-state index contributed by atoms with van der Waals surface area (Å²) in [5.41, 5.74) is 6.71. The van der Waals surface area contributed by atoms with Gasteiger partial charge in [-0.2, -0.15) is 0 Å². The van der Waals surface area contributed by atoms with E-state index in [9.17, 15) is 0 Å². The van der Waals surface area contributed by atoms with Gasteiger partial charge in [-0.05, 0) is 35.3 Å². The van der Waals surface area contributed by atoms with Crippen molar-refractivity contribution >= 4 is 21.7 Å². The molecule has 0 saturated carbocycles. The standard InChI is InChI=1S/C13H19BrN4O2/c1-19-7-9-11(14)12(15)17-13(16-9)10-5-18-4-2-3-8(18)6-20-10/h8,10H,2-7H2,1H3,(H2,15,16,17). The fourth-order valence-electron chi connectivity index (χ4n) is 2.88. The van der Waals surface area contributed by atoms with E-state index in [0.717, 1.165) is 25.4 Å². The third-order valence-electron chi connectivity index (χ3n) is 3.92. The lowest BCUT2D eigenvalue weighted by Crippen LogP contribution is -2.43. The quantitative estimate of drug-likeness (QED) is 0.897. The van der Waals surface area contributed by atoms with Crippen LogP contribution in [0.5, 0.6) is 0 Å². The Bertz CT molecular complexity index is 500. The largest absolute Gasteiger partial charge is 0.383 e. The van der Waals surface area contributed by atoms with E-state index in [1.165, 1.54) is 12.8 Å². The predicted octanol–water partition coefficient (Wildman–Crippen LogP) is 1.50. The fourth-order valence-corrected chi connectivity index (χ4v) is 3.17. The number of hydrogen-bond donors (Lipinski definition) is 1. The zero-order valence-corrected chi connectivity index (χ0v) is 13.1. The van der Waals surface area contributed by atoms with Crippen molar-refractivity contribution in [1.29, 1.82) is 0 Å². The van der Waals surface area contributed by atoms with Gasteiger partial charge in [0.15, 0.2) is 5.82 Å². The SMILES string of the molecule is COCc1nc(C2CN3CCCC3CO2)nc(N)c1Br. The van der Waals surface area contributed by atoms with Crippen LogP contribution in [-0.4, -0.2) is 47.7 Å². The summed E-state index contributed by atoms with van der Waals surface area (Å²) in [6, 6.07) is 0.567. The predicted molar refractivity (Wildman–Crippen MR) is 78.1 cm³/mol. The van der Waals surface area contributed by atoms with Crippen LogP contribution in [0.3, 0.4) is 0 Å². The molecule has 2 atom stereocenters. The first kappa shape index (κ1) is 14.2. The Hall–Kier alpha value is -0.760. The Morgan fingerprint density at radius 3 is 3.15 bits per heavy atom. The van der Waals surface area contributed by atoms with Gasteiger partial charge < -0.3 is 15.2 Å². The van der Waals surface area contributed by atoms with E-state index < -0.39 is 0 Å². The molecule has 1 aromatic rings. The van der Waals surface area contributed by atoms with Crippen molar-refractivity contribution in [2.24, 2.45) is 0 Å². The van der Waals surface area contributed by atoms with E-state index in [4.69, 9.17) is 15.2 Å². The van der Waals surface area contributed by atoms with Gasteiger partial charge in [-0.15, -0.1) is 0 Å². The molecular formula is C13H19BrN4O2. The molecule has 0 spiro atoms. The highest BCUT2D eigenvalue weighted by Crippen LogP contribution is 2.30. The number of ether oxygens (including phenoxy) is 2. The zero-order chi connectivity index (χ0) is 14.1. The van der Waals surface area contributed by atoms with Crippen LogP contribution in [0.2, 0.25) is 0 Å². The summed E-state index contributed by atoms with van der Waals surface area (Å²) in [6.07, 6.45) is 2.37. The molecule has 110 valence electrons. The van der Waals surface area contributed by atoms with Crippen LogP contribution in [0.4, 0.5) is 5.82 Å². The van der Waals surface area contributed by atoms with Crippen molar-refractivity contribution in [3.63, 3.8) is 0 Å². The number of methoxy groups -OCH3 is 1. The molecule has 2 N–H and O–H groups in total. The molecule has 1 aromatic heterocycles. The monoisotopic (exact) mass is 342 g/mol. The van der Waals surface area contributed by atoms with E-state index >= 15 is 0 Å². The third kappa shape index (κ3) is 2.67. The molecular weight excluding hydrogens is 324 g/mol. The van der Waals surface area contributed by atoms with Crippen LogP contribution in [0, 0.1) is 0 Å². The van der Waals surface area contributed by atoms with Gasteiger partial charge in [-0.3, -0.25) is 4.90 Å². The second kappa shape index (κ2) is 5.93. The molecule has 0 amide bonds. The number of fused-ring (bicyclic) bond motifs is 1. The van der Waals surface area contributed by atoms with Crippen molar-refractivity contribution in [3.8, 4) is 0 Å². The maximum atomic E-state index is 5.94. The minimum atomic E-state index is -0.102. The van der Waals surface area contributed by atoms with Crippen molar-refractivity contribution in [3.05, 3.63) is 16.0 Å². The second-order valence-corrected chi connectivity index (χ2v) is 6.07. The lowest BCUT2D eigenvalue weighted by Gasteiger charge is -2.34. The van der Waals surface area contributed by atoms with E-state index in [1.807, 2.05) is 0 Å². The normalized spacial score (nSPS) is 26.7. The summed E-state index contributed by atoms with van der Waals surface area (Å²) >= 11 is 3.40. The maximum Gasteiger partial charge on any atom is 0.161 e. The number of aromatic nitrogens is 2. The van der Waals surface area contributed by atoms with Crippen molar-refractivity contribution < 1.29 is 9.47 Å². The van der Waals surface area contributed by atoms with Crippen LogP contribution >= 0.6 is 15.9 Å². The van der Waals surface area contributed by atoms with Gasteiger partial charge in [0.2, 0.25) is 0 Å². The molecule has 2 aliphatic heterocycles. The number of hydrogen-bond acceptors (Lipinski definition) is 6. The second-order valence-electron chi connectivity index (χ2n) is 5.27. The molecule has 2 fully saturated rings. The highest BCUT2D eigenvalue weighted by molar-refractivity contribution is 9.10. The molecule has 6 nitrogen and oxygen atoms in total. The molecule has 3 rings (SSSR count). The molecule has 2 unspecified atom stereocenters. The number of rotatable bonds is 3. The lowest BCUT2D eigenvalue weighted by atomic mass is 10.2. The first-order valence-corrected chi connectivity index (χ1v) is 7.64. The number of nitrogen functional groups attached to an aromatic ring is 1. The smallest absolute Gasteiger partial charge is 0.161 e. The van der Waals surface area contributed by atoms with Gasteiger partial charge in [0.05, 0.1) is 23.4 Å². The summed E-state index contributed by atoms with van der Waals surface area (Å²) in [4.78, 5) is 11.4. The Morgan fingerprint density at radius 1 is 1.50 bits per heavy atom. The van der Waals surface area contributed by atoms with Gasteiger partial charge in [0, 0.05) is 19.7 Å². The Balaban J connectivity index is 1.82. The molecule has 20 heavy (non-hydrogen) atoms. The topological polar surface area (TPSA) is 73.5 Å². The number of nitrogens with zero attached hydrogens (tertiary/aromatic N) is 3. The van der Waals surface area contributed by atoms with Gasteiger partial charge >= 0.3 is 0 Å². The first-order valence-electron chi connectivity index (χ1n) is 6.85. The number of morpholine rings is 1. The molecule has 0 aromatic carbocycles. The Kier molecular flexibility index (Phi) is 4.21. The first-order chi connectivity index (χ1) is 9.69. The summed E-state index contributed by atoms with van der Waals surface area (Å²) in [6.45, 7) is 3.14. The Labute approximate surface area is 126 Å². The minimum Gasteiger partial charge on any atom is -0.383 e. The van der Waals surface area contributed by atoms with E-state index in [1.54, 1.807) is 7.11 Å². The summed E-state index contributed by atoms with van der Waals surface area (Å²) in [7, 11) is 1.64. The van der Waals surface area contributed by atoms with E-state index in [0.29, 0.717) is 28.8 Å². The number of nitrogens with two attached hydrogens (primary N) is 1. The molecule has 3 heterocycles. The zero-order valence-electron chi connectivity index (χ0n) is 11.5. The highest BCUT2D eigenvalue weighted by atomic mass is 79.9. The molecule has 2 aliphatic rings. The number of anilines is 1. The molecule has 0 radical (unpaired) electrons. The van der Waals surface area contributed by atoms with Crippen LogP contribution in [0.15, 0.2) is 4.47 Å². The average molecular weight is 343 g/mol. The van der Waals surface area contributed by atoms with Crippen LogP contribution in [0.1, 0.15) is 30.5 Å². The van der Waals surface area contributed by atoms with Gasteiger partial charge in [-0.25, -0.2) is 9.97 Å². The lowest BCUT2D eigenvalue weighted by molar-refractivity contribution is -0.0542. The molecule has 0 aliphatic carbocycles. The fraction of sp³-hybridized carbons (Fsp3) is 0.692. The van der Waals surface area contributed by atoms with Crippen molar-refractivity contribution in [2.75, 3.05) is 32.5 Å². The Morgan fingerprint density at radius 2 is 2.35 bits per heavy atom. The third-order valence-corrected chi connectivity index (χ3v) is 4.78. The van der Waals surface area contributed by atoms with Crippen molar-refractivity contribution in [2.45, 2.75) is 31.6 Å². The van der Waals surface area contributed by atoms with Crippen molar-refractivity contribution in [1.82, 2.24) is 14.9 Å². The van der Waals surface area contributed by atoms with Crippen LogP contribution in [0.25, 0.3) is 0 Å². The highest BCUT2D eigenvalue weighted by Gasteiger charge is 2.34. The minimum absolute atomic E-state index is 0.102. The van der Waals surface area contributed by atoms with E-state index in [2.05, 4.69) is 30.8 Å². The van der Waals surface area contributed by atoms with E-state index in [-0.39, 0.29) is 6.10 Å². The van der Waals surface area contributed by atoms with Crippen LogP contribution in [-0.2, 0) is 16.1 Å². The average Bonchev–Trinajstić information content (AvgIpc) is 2.91. The molecule has 7 heteroatoms. The summed E-state index contributed by atoms with van der Waals surface area (Å²) in [5.74, 6) is 1.09. The molecule has 0 bridgehead atoms. The van der Waals surface area contributed by atoms with Gasteiger partial charge in [0.1, 0.15) is 11.9 Å². The van der Waals surface area contributed by atoms with Crippen LogP contribution < -0.4 is 5.73 Å².